The van der Waals surface area contributed by atoms with Gasteiger partial charge in [0.2, 0.25) is 0 Å². The molecule has 0 amide bonds. The minimum Gasteiger partial charge on any atom is -0.493 e. The van der Waals surface area contributed by atoms with Crippen molar-refractivity contribution in [1.29, 1.82) is 0 Å². The molecule has 1 N–H and O–H groups in total. The number of nitrogens with one attached hydrogen (secondary N) is 1. The Labute approximate surface area is 167 Å². The van der Waals surface area contributed by atoms with Crippen LogP contribution in [-0.4, -0.2) is 13.2 Å². The fourth-order valence-corrected chi connectivity index (χ4v) is 4.04. The maximum absolute atomic E-state index is 13.9. The Morgan fingerprint density at radius 2 is 2.04 bits per heavy atom. The van der Waals surface area contributed by atoms with Gasteiger partial charge in [-0.3, -0.25) is 0 Å². The van der Waals surface area contributed by atoms with Crippen molar-refractivity contribution in [2.45, 2.75) is 44.9 Å². The molecule has 0 bridgehead atoms. The SMILES string of the molecule is COc1cc(CNC2CCCC2)cc(Br)c1OCc1c(F)cccc1Cl. The van der Waals surface area contributed by atoms with Crippen LogP contribution in [0.4, 0.5) is 4.39 Å². The van der Waals surface area contributed by atoms with E-state index in [-0.39, 0.29) is 12.4 Å². The van der Waals surface area contributed by atoms with Crippen molar-refractivity contribution < 1.29 is 13.9 Å². The molecule has 2 aromatic rings. The lowest BCUT2D eigenvalue weighted by atomic mass is 10.1. The molecule has 3 rings (SSSR count). The van der Waals surface area contributed by atoms with E-state index in [0.717, 1.165) is 16.6 Å². The van der Waals surface area contributed by atoms with Gasteiger partial charge >= 0.3 is 0 Å². The Bertz CT molecular complexity index is 745. The zero-order valence-electron chi connectivity index (χ0n) is 14.7. The van der Waals surface area contributed by atoms with Gasteiger partial charge < -0.3 is 14.8 Å². The first-order valence-corrected chi connectivity index (χ1v) is 9.91. The molecule has 0 aliphatic heterocycles. The fourth-order valence-electron chi connectivity index (χ4n) is 3.22. The van der Waals surface area contributed by atoms with Crippen LogP contribution in [0.2, 0.25) is 5.02 Å². The highest BCUT2D eigenvalue weighted by molar-refractivity contribution is 9.10. The summed E-state index contributed by atoms with van der Waals surface area (Å²) in [5, 5.41) is 3.93. The Morgan fingerprint density at radius 1 is 1.27 bits per heavy atom. The van der Waals surface area contributed by atoms with Crippen LogP contribution in [0.5, 0.6) is 11.5 Å². The third kappa shape index (κ3) is 4.70. The van der Waals surface area contributed by atoms with E-state index < -0.39 is 0 Å². The standard InChI is InChI=1S/C20H22BrClFNO2/c1-25-19-10-13(11-24-14-5-2-3-6-14)9-16(21)20(19)26-12-15-17(22)7-4-8-18(15)23/h4,7-10,14,24H,2-3,5-6,11-12H2,1H3. The smallest absolute Gasteiger partial charge is 0.175 e. The minimum absolute atomic E-state index is 0.0279. The highest BCUT2D eigenvalue weighted by Gasteiger charge is 2.17. The normalized spacial score (nSPS) is 14.6. The summed E-state index contributed by atoms with van der Waals surface area (Å²) in [6.45, 7) is 0.805. The lowest BCUT2D eigenvalue weighted by Crippen LogP contribution is -2.25. The maximum atomic E-state index is 13.9. The zero-order chi connectivity index (χ0) is 18.5. The van der Waals surface area contributed by atoms with E-state index >= 15 is 0 Å². The molecule has 140 valence electrons. The topological polar surface area (TPSA) is 30.5 Å². The Balaban J connectivity index is 1.72. The first-order chi connectivity index (χ1) is 12.6. The van der Waals surface area contributed by atoms with Gasteiger partial charge in [-0.05, 0) is 58.6 Å². The number of hydrogen-bond acceptors (Lipinski definition) is 3. The van der Waals surface area contributed by atoms with Crippen molar-refractivity contribution in [2.75, 3.05) is 7.11 Å². The summed E-state index contributed by atoms with van der Waals surface area (Å²) in [6, 6.07) is 9.14. The summed E-state index contributed by atoms with van der Waals surface area (Å²) < 4.78 is 26.0. The second kappa shape index (κ2) is 9.07. The largest absolute Gasteiger partial charge is 0.493 e. The van der Waals surface area contributed by atoms with Gasteiger partial charge in [0.05, 0.1) is 16.6 Å². The molecule has 26 heavy (non-hydrogen) atoms. The third-order valence-electron chi connectivity index (χ3n) is 4.66. The summed E-state index contributed by atoms with van der Waals surface area (Å²) in [6.07, 6.45) is 5.08. The van der Waals surface area contributed by atoms with Crippen LogP contribution >= 0.6 is 27.5 Å². The van der Waals surface area contributed by atoms with E-state index in [0.29, 0.717) is 28.1 Å². The summed E-state index contributed by atoms with van der Waals surface area (Å²) in [5.74, 6) is 0.761. The van der Waals surface area contributed by atoms with Gasteiger partial charge in [-0.1, -0.05) is 30.5 Å². The maximum Gasteiger partial charge on any atom is 0.175 e. The minimum atomic E-state index is -0.384. The molecule has 2 aromatic carbocycles. The predicted octanol–water partition coefficient (Wildman–Crippen LogP) is 5.86. The van der Waals surface area contributed by atoms with Gasteiger partial charge in [0, 0.05) is 18.2 Å². The summed E-state index contributed by atoms with van der Waals surface area (Å²) in [4.78, 5) is 0. The van der Waals surface area contributed by atoms with Crippen molar-refractivity contribution in [3.05, 3.63) is 56.8 Å². The Hall–Kier alpha value is -1.30. The molecule has 6 heteroatoms. The van der Waals surface area contributed by atoms with Crippen molar-refractivity contribution in [3.63, 3.8) is 0 Å². The van der Waals surface area contributed by atoms with E-state index in [1.54, 1.807) is 19.2 Å². The Kier molecular flexibility index (Phi) is 6.79. The molecule has 1 saturated carbocycles. The molecular formula is C20H22BrClFNO2. The first kappa shape index (κ1) is 19.5. The van der Waals surface area contributed by atoms with Crippen molar-refractivity contribution in [3.8, 4) is 11.5 Å². The van der Waals surface area contributed by atoms with Crippen molar-refractivity contribution >= 4 is 27.5 Å². The average molecular weight is 443 g/mol. The van der Waals surface area contributed by atoms with E-state index in [2.05, 4.69) is 21.2 Å². The van der Waals surface area contributed by atoms with E-state index in [1.165, 1.54) is 31.7 Å². The molecule has 0 saturated heterocycles. The third-order valence-corrected chi connectivity index (χ3v) is 5.60. The number of ether oxygens (including phenoxy) is 2. The van der Waals surface area contributed by atoms with Gasteiger partial charge in [-0.25, -0.2) is 4.39 Å². The van der Waals surface area contributed by atoms with E-state index in [9.17, 15) is 4.39 Å². The van der Waals surface area contributed by atoms with Crippen LogP contribution in [0, 0.1) is 5.82 Å². The number of benzene rings is 2. The zero-order valence-corrected chi connectivity index (χ0v) is 17.0. The quantitative estimate of drug-likeness (QED) is 0.582. The molecule has 1 fully saturated rings. The van der Waals surface area contributed by atoms with Crippen LogP contribution in [-0.2, 0) is 13.2 Å². The second-order valence-electron chi connectivity index (χ2n) is 6.46. The predicted molar refractivity (Wildman–Crippen MR) is 106 cm³/mol. The van der Waals surface area contributed by atoms with Gasteiger partial charge in [0.1, 0.15) is 12.4 Å². The highest BCUT2D eigenvalue weighted by Crippen LogP contribution is 2.38. The lowest BCUT2D eigenvalue weighted by molar-refractivity contribution is 0.277. The molecule has 0 aromatic heterocycles. The summed E-state index contributed by atoms with van der Waals surface area (Å²) in [7, 11) is 1.60. The summed E-state index contributed by atoms with van der Waals surface area (Å²) >= 11 is 9.61. The monoisotopic (exact) mass is 441 g/mol. The van der Waals surface area contributed by atoms with Crippen molar-refractivity contribution in [2.24, 2.45) is 0 Å². The van der Waals surface area contributed by atoms with Crippen LogP contribution in [0.3, 0.4) is 0 Å². The van der Waals surface area contributed by atoms with Gasteiger partial charge in [-0.2, -0.15) is 0 Å². The number of rotatable bonds is 7. The van der Waals surface area contributed by atoms with Crippen LogP contribution in [0.1, 0.15) is 36.8 Å². The molecule has 3 nitrogen and oxygen atoms in total. The summed E-state index contributed by atoms with van der Waals surface area (Å²) in [5.41, 5.74) is 1.44. The Morgan fingerprint density at radius 3 is 2.73 bits per heavy atom. The van der Waals surface area contributed by atoms with Gasteiger partial charge in [0.25, 0.3) is 0 Å². The van der Waals surface area contributed by atoms with E-state index in [4.69, 9.17) is 21.1 Å². The molecule has 0 radical (unpaired) electrons. The molecule has 0 spiro atoms. The van der Waals surface area contributed by atoms with E-state index in [1.807, 2.05) is 12.1 Å². The fraction of sp³-hybridized carbons (Fsp3) is 0.400. The van der Waals surface area contributed by atoms with Gasteiger partial charge in [0.15, 0.2) is 11.5 Å². The first-order valence-electron chi connectivity index (χ1n) is 8.74. The van der Waals surface area contributed by atoms with Gasteiger partial charge in [-0.15, -0.1) is 0 Å². The molecular weight excluding hydrogens is 421 g/mol. The number of halogens is 3. The molecule has 1 aliphatic carbocycles. The van der Waals surface area contributed by atoms with Crippen LogP contribution in [0.25, 0.3) is 0 Å². The average Bonchev–Trinajstić information content (AvgIpc) is 3.14. The molecule has 0 heterocycles. The lowest BCUT2D eigenvalue weighted by Gasteiger charge is -2.17. The molecule has 0 atom stereocenters. The number of methoxy groups -OCH3 is 1. The van der Waals surface area contributed by atoms with Crippen LogP contribution in [0.15, 0.2) is 34.8 Å². The van der Waals surface area contributed by atoms with Crippen LogP contribution < -0.4 is 14.8 Å². The molecule has 1 aliphatic rings. The molecule has 0 unspecified atom stereocenters. The second-order valence-corrected chi connectivity index (χ2v) is 7.72. The number of hydrogen-bond donors (Lipinski definition) is 1. The highest BCUT2D eigenvalue weighted by atomic mass is 79.9. The van der Waals surface area contributed by atoms with Crippen molar-refractivity contribution in [1.82, 2.24) is 5.32 Å².